The van der Waals surface area contributed by atoms with Crippen LogP contribution in [-0.4, -0.2) is 44.6 Å². The lowest BCUT2D eigenvalue weighted by atomic mass is 10.0. The standard InChI is InChI=1S/C22H46N2O/c1-5-6-7-8-9-10-11-12-13-14-15-16-17-18-20-23-22(25)19-21-24(2,3)4/h5-21H2,1-4H3/p+1. The van der Waals surface area contributed by atoms with Crippen LogP contribution in [0.1, 0.15) is 103 Å². The van der Waals surface area contributed by atoms with Crippen LogP contribution in [0.3, 0.4) is 0 Å². The molecule has 0 rings (SSSR count). The van der Waals surface area contributed by atoms with Gasteiger partial charge in [-0.25, -0.2) is 0 Å². The summed E-state index contributed by atoms with van der Waals surface area (Å²) >= 11 is 0. The summed E-state index contributed by atoms with van der Waals surface area (Å²) < 4.78 is 0.853. The van der Waals surface area contributed by atoms with Crippen molar-refractivity contribution in [2.75, 3.05) is 34.2 Å². The Morgan fingerprint density at radius 1 is 0.680 bits per heavy atom. The molecular formula is C22H47N2O+. The van der Waals surface area contributed by atoms with E-state index in [0.717, 1.165) is 24.0 Å². The highest BCUT2D eigenvalue weighted by molar-refractivity contribution is 5.75. The zero-order chi connectivity index (χ0) is 18.8. The van der Waals surface area contributed by atoms with Crippen molar-refractivity contribution < 1.29 is 9.28 Å². The Labute approximate surface area is 158 Å². The monoisotopic (exact) mass is 355 g/mol. The fourth-order valence-electron chi connectivity index (χ4n) is 3.07. The van der Waals surface area contributed by atoms with Crippen molar-refractivity contribution in [1.82, 2.24) is 5.32 Å². The molecule has 0 aromatic heterocycles. The maximum atomic E-state index is 11.7. The summed E-state index contributed by atoms with van der Waals surface area (Å²) in [4.78, 5) is 11.7. The van der Waals surface area contributed by atoms with Gasteiger partial charge < -0.3 is 9.80 Å². The summed E-state index contributed by atoms with van der Waals surface area (Å²) in [5.74, 6) is 0.211. The lowest BCUT2D eigenvalue weighted by Crippen LogP contribution is -2.38. The molecule has 150 valence electrons. The van der Waals surface area contributed by atoms with Gasteiger partial charge in [-0.05, 0) is 6.42 Å². The molecule has 0 aromatic carbocycles. The van der Waals surface area contributed by atoms with Crippen molar-refractivity contribution in [3.63, 3.8) is 0 Å². The molecule has 1 N–H and O–H groups in total. The number of hydrogen-bond donors (Lipinski definition) is 1. The smallest absolute Gasteiger partial charge is 0.225 e. The molecule has 0 aliphatic carbocycles. The highest BCUT2D eigenvalue weighted by atomic mass is 16.1. The molecule has 0 aliphatic heterocycles. The van der Waals surface area contributed by atoms with Gasteiger partial charge in [0.15, 0.2) is 0 Å². The first-order valence-corrected chi connectivity index (χ1v) is 11.0. The summed E-state index contributed by atoms with van der Waals surface area (Å²) in [7, 11) is 6.38. The molecule has 0 heterocycles. The van der Waals surface area contributed by atoms with Crippen LogP contribution >= 0.6 is 0 Å². The topological polar surface area (TPSA) is 29.1 Å². The van der Waals surface area contributed by atoms with Gasteiger partial charge in [0.25, 0.3) is 0 Å². The van der Waals surface area contributed by atoms with Crippen molar-refractivity contribution >= 4 is 5.91 Å². The highest BCUT2D eigenvalue weighted by Gasteiger charge is 2.10. The highest BCUT2D eigenvalue weighted by Crippen LogP contribution is 2.12. The van der Waals surface area contributed by atoms with E-state index in [1.165, 1.54) is 83.5 Å². The minimum Gasteiger partial charge on any atom is -0.356 e. The molecule has 3 heteroatoms. The molecule has 0 aromatic rings. The lowest BCUT2D eigenvalue weighted by molar-refractivity contribution is -0.869. The third-order valence-electron chi connectivity index (χ3n) is 4.86. The molecule has 3 nitrogen and oxygen atoms in total. The lowest BCUT2D eigenvalue weighted by Gasteiger charge is -2.23. The summed E-state index contributed by atoms with van der Waals surface area (Å²) in [6.07, 6.45) is 19.9. The number of unbranched alkanes of at least 4 members (excludes halogenated alkanes) is 13. The third-order valence-corrected chi connectivity index (χ3v) is 4.86. The molecule has 25 heavy (non-hydrogen) atoms. The zero-order valence-electron chi connectivity index (χ0n) is 17.9. The maximum absolute atomic E-state index is 11.7. The van der Waals surface area contributed by atoms with Gasteiger partial charge in [0, 0.05) is 6.54 Å². The quantitative estimate of drug-likeness (QED) is 0.249. The van der Waals surface area contributed by atoms with Gasteiger partial charge in [0.2, 0.25) is 5.91 Å². The molecule has 0 saturated carbocycles. The van der Waals surface area contributed by atoms with E-state index in [2.05, 4.69) is 33.4 Å². The normalized spacial score (nSPS) is 11.7. The molecule has 0 fully saturated rings. The van der Waals surface area contributed by atoms with Crippen LogP contribution in [0.25, 0.3) is 0 Å². The van der Waals surface area contributed by atoms with Gasteiger partial charge in [-0.1, -0.05) is 90.4 Å². The minimum absolute atomic E-state index is 0.211. The number of hydrogen-bond acceptors (Lipinski definition) is 1. The van der Waals surface area contributed by atoms with E-state index in [4.69, 9.17) is 0 Å². The maximum Gasteiger partial charge on any atom is 0.225 e. The SMILES string of the molecule is CCCCCCCCCCCCCCCCNC(=O)CC[N+](C)(C)C. The number of carbonyl (C=O) groups excluding carboxylic acids is 1. The first-order valence-electron chi connectivity index (χ1n) is 11.0. The van der Waals surface area contributed by atoms with Crippen LogP contribution in [0, 0.1) is 0 Å². The van der Waals surface area contributed by atoms with E-state index in [1.54, 1.807) is 0 Å². The van der Waals surface area contributed by atoms with E-state index in [0.29, 0.717) is 6.42 Å². The molecule has 0 aliphatic rings. The summed E-state index contributed by atoms with van der Waals surface area (Å²) in [5.41, 5.74) is 0. The summed E-state index contributed by atoms with van der Waals surface area (Å²) in [5, 5.41) is 3.05. The fourth-order valence-corrected chi connectivity index (χ4v) is 3.07. The Hall–Kier alpha value is -0.570. The zero-order valence-corrected chi connectivity index (χ0v) is 17.9. The van der Waals surface area contributed by atoms with Gasteiger partial charge in [-0.3, -0.25) is 4.79 Å². The van der Waals surface area contributed by atoms with Crippen molar-refractivity contribution in [1.29, 1.82) is 0 Å². The second-order valence-corrected chi connectivity index (χ2v) is 8.71. The predicted molar refractivity (Wildman–Crippen MR) is 111 cm³/mol. The van der Waals surface area contributed by atoms with E-state index < -0.39 is 0 Å². The van der Waals surface area contributed by atoms with Gasteiger partial charge >= 0.3 is 0 Å². The van der Waals surface area contributed by atoms with Crippen LogP contribution in [-0.2, 0) is 4.79 Å². The Morgan fingerprint density at radius 2 is 1.08 bits per heavy atom. The number of amides is 1. The van der Waals surface area contributed by atoms with Gasteiger partial charge in [-0.2, -0.15) is 0 Å². The van der Waals surface area contributed by atoms with Gasteiger partial charge in [-0.15, -0.1) is 0 Å². The van der Waals surface area contributed by atoms with Crippen molar-refractivity contribution in [3.05, 3.63) is 0 Å². The summed E-state index contributed by atoms with van der Waals surface area (Å²) in [6.45, 7) is 4.04. The van der Waals surface area contributed by atoms with Crippen LogP contribution in [0.4, 0.5) is 0 Å². The number of quaternary nitrogens is 1. The average Bonchev–Trinajstić information content (AvgIpc) is 2.56. The van der Waals surface area contributed by atoms with Crippen LogP contribution in [0.2, 0.25) is 0 Å². The third kappa shape index (κ3) is 21.4. The molecule has 1 amide bonds. The van der Waals surface area contributed by atoms with Gasteiger partial charge in [0.05, 0.1) is 34.1 Å². The van der Waals surface area contributed by atoms with Crippen molar-refractivity contribution in [3.8, 4) is 0 Å². The largest absolute Gasteiger partial charge is 0.356 e. The Morgan fingerprint density at radius 3 is 1.48 bits per heavy atom. The molecule has 0 bridgehead atoms. The Balaban J connectivity index is 3.15. The van der Waals surface area contributed by atoms with Crippen molar-refractivity contribution in [2.45, 2.75) is 103 Å². The number of carbonyl (C=O) groups is 1. The van der Waals surface area contributed by atoms with Crippen molar-refractivity contribution in [2.24, 2.45) is 0 Å². The Kier molecular flexibility index (Phi) is 16.5. The van der Waals surface area contributed by atoms with Crippen LogP contribution in [0.5, 0.6) is 0 Å². The van der Waals surface area contributed by atoms with E-state index in [1.807, 2.05) is 0 Å². The first kappa shape index (κ1) is 24.4. The minimum atomic E-state index is 0.211. The molecule has 0 atom stereocenters. The molecule has 0 radical (unpaired) electrons. The second-order valence-electron chi connectivity index (χ2n) is 8.71. The molecule has 0 unspecified atom stereocenters. The van der Waals surface area contributed by atoms with E-state index in [9.17, 15) is 4.79 Å². The van der Waals surface area contributed by atoms with E-state index >= 15 is 0 Å². The number of nitrogens with zero attached hydrogens (tertiary/aromatic N) is 1. The van der Waals surface area contributed by atoms with Crippen LogP contribution in [0.15, 0.2) is 0 Å². The number of rotatable bonds is 18. The molecule has 0 saturated heterocycles. The molecular weight excluding hydrogens is 308 g/mol. The average molecular weight is 356 g/mol. The summed E-state index contributed by atoms with van der Waals surface area (Å²) in [6, 6.07) is 0. The van der Waals surface area contributed by atoms with Gasteiger partial charge in [0.1, 0.15) is 0 Å². The first-order chi connectivity index (χ1) is 12.0. The van der Waals surface area contributed by atoms with Crippen LogP contribution < -0.4 is 5.32 Å². The second kappa shape index (κ2) is 16.9. The number of nitrogens with one attached hydrogen (secondary N) is 1. The molecule has 0 spiro atoms. The fraction of sp³-hybridized carbons (Fsp3) is 0.955. The predicted octanol–water partition coefficient (Wildman–Crippen LogP) is 5.68. The van der Waals surface area contributed by atoms with E-state index in [-0.39, 0.29) is 5.91 Å². The Bertz CT molecular complexity index is 297.